The summed E-state index contributed by atoms with van der Waals surface area (Å²) in [5.41, 5.74) is 0.611. The molecule has 0 heterocycles. The fourth-order valence-corrected chi connectivity index (χ4v) is 0.523. The summed E-state index contributed by atoms with van der Waals surface area (Å²) in [6, 6.07) is 0. The van der Waals surface area contributed by atoms with Crippen molar-refractivity contribution in [2.24, 2.45) is 0 Å². The van der Waals surface area contributed by atoms with E-state index in [-0.39, 0.29) is 5.78 Å². The molecule has 10 heavy (non-hydrogen) atoms. The maximum atomic E-state index is 10.8. The molecule has 0 unspecified atom stereocenters. The van der Waals surface area contributed by atoms with E-state index in [0.29, 0.717) is 25.2 Å². The Morgan fingerprint density at radius 2 is 2.20 bits per heavy atom. The molecule has 0 saturated carbocycles. The van der Waals surface area contributed by atoms with Gasteiger partial charge in [-0.25, -0.2) is 0 Å². The van der Waals surface area contributed by atoms with E-state index in [1.165, 1.54) is 0 Å². The maximum absolute atomic E-state index is 10.8. The molecule has 2 nitrogen and oxygen atoms in total. The largest absolute Gasteiger partial charge is 0.381 e. The van der Waals surface area contributed by atoms with Crippen molar-refractivity contribution < 1.29 is 9.53 Å². The van der Waals surface area contributed by atoms with E-state index in [0.717, 1.165) is 0 Å². The fourth-order valence-electron chi connectivity index (χ4n) is 0.523. The number of carbonyl (C=O) groups excluding carboxylic acids is 1. The molecule has 0 fully saturated rings. The lowest BCUT2D eigenvalue weighted by Crippen LogP contribution is -2.04. The number of ether oxygens (including phenoxy) is 1. The molecule has 0 aromatic heterocycles. The normalized spacial score (nSPS) is 9.40. The van der Waals surface area contributed by atoms with Crippen LogP contribution in [-0.4, -0.2) is 19.0 Å². The molecule has 2 heteroatoms. The number of hydrogen-bond acceptors (Lipinski definition) is 2. The third-order valence-corrected chi connectivity index (χ3v) is 1.15. The van der Waals surface area contributed by atoms with E-state index in [1.807, 2.05) is 6.92 Å². The van der Waals surface area contributed by atoms with E-state index in [4.69, 9.17) is 4.74 Å². The molecular weight excluding hydrogens is 128 g/mol. The lowest BCUT2D eigenvalue weighted by molar-refractivity contribution is -0.116. The zero-order chi connectivity index (χ0) is 7.98. The van der Waals surface area contributed by atoms with Crippen LogP contribution in [0, 0.1) is 0 Å². The van der Waals surface area contributed by atoms with Crippen LogP contribution < -0.4 is 0 Å². The summed E-state index contributed by atoms with van der Waals surface area (Å²) >= 11 is 0. The Bertz CT molecular complexity index is 127. The molecule has 0 N–H and O–H groups in total. The average molecular weight is 142 g/mol. The highest BCUT2D eigenvalue weighted by Gasteiger charge is 1.99. The third kappa shape index (κ3) is 4.27. The Labute approximate surface area is 61.9 Å². The van der Waals surface area contributed by atoms with Gasteiger partial charge in [0, 0.05) is 13.0 Å². The number of ketones is 1. The van der Waals surface area contributed by atoms with E-state index in [9.17, 15) is 4.79 Å². The zero-order valence-corrected chi connectivity index (χ0v) is 6.64. The van der Waals surface area contributed by atoms with E-state index in [2.05, 4.69) is 6.58 Å². The van der Waals surface area contributed by atoms with Crippen LogP contribution in [0.3, 0.4) is 0 Å². The predicted molar refractivity (Wildman–Crippen MR) is 40.9 cm³/mol. The van der Waals surface area contributed by atoms with Crippen molar-refractivity contribution in [3.63, 3.8) is 0 Å². The molecule has 0 saturated heterocycles. The van der Waals surface area contributed by atoms with Crippen LogP contribution in [0.25, 0.3) is 0 Å². The van der Waals surface area contributed by atoms with Crippen LogP contribution in [-0.2, 0) is 9.53 Å². The lowest BCUT2D eigenvalue weighted by Gasteiger charge is -1.98. The Kier molecular flexibility index (Phi) is 4.85. The molecule has 0 bridgehead atoms. The van der Waals surface area contributed by atoms with Crippen LogP contribution in [0.15, 0.2) is 12.2 Å². The van der Waals surface area contributed by atoms with Gasteiger partial charge in [-0.15, -0.1) is 0 Å². The van der Waals surface area contributed by atoms with Gasteiger partial charge in [0.25, 0.3) is 0 Å². The highest BCUT2D eigenvalue weighted by Crippen LogP contribution is 1.94. The first kappa shape index (κ1) is 9.37. The van der Waals surface area contributed by atoms with E-state index >= 15 is 0 Å². The van der Waals surface area contributed by atoms with Crippen LogP contribution in [0.2, 0.25) is 0 Å². The number of hydrogen-bond donors (Lipinski definition) is 0. The first-order valence-corrected chi connectivity index (χ1v) is 3.45. The summed E-state index contributed by atoms with van der Waals surface area (Å²) in [7, 11) is 0. The van der Waals surface area contributed by atoms with Gasteiger partial charge in [-0.1, -0.05) is 6.58 Å². The third-order valence-electron chi connectivity index (χ3n) is 1.15. The number of allylic oxidation sites excluding steroid dienone is 1. The first-order chi connectivity index (χ1) is 4.68. The van der Waals surface area contributed by atoms with Gasteiger partial charge in [-0.05, 0) is 19.4 Å². The average Bonchev–Trinajstić information content (AvgIpc) is 1.88. The topological polar surface area (TPSA) is 26.3 Å². The van der Waals surface area contributed by atoms with Crippen molar-refractivity contribution in [1.29, 1.82) is 0 Å². The molecule has 58 valence electrons. The standard InChI is InChI=1S/C8H14O2/c1-4-10-6-5-8(9)7(2)3/h2,4-6H2,1,3H3. The molecule has 0 atom stereocenters. The Morgan fingerprint density at radius 3 is 2.60 bits per heavy atom. The van der Waals surface area contributed by atoms with E-state index < -0.39 is 0 Å². The van der Waals surface area contributed by atoms with Gasteiger partial charge < -0.3 is 4.74 Å². The minimum absolute atomic E-state index is 0.0912. The summed E-state index contributed by atoms with van der Waals surface area (Å²) in [5.74, 6) is 0.0912. The predicted octanol–water partition coefficient (Wildman–Crippen LogP) is 1.56. The van der Waals surface area contributed by atoms with E-state index in [1.54, 1.807) is 6.92 Å². The quantitative estimate of drug-likeness (QED) is 0.430. The SMILES string of the molecule is C=C(C)C(=O)CCOCC. The summed E-state index contributed by atoms with van der Waals surface area (Å²) in [4.78, 5) is 10.8. The number of Topliss-reactive ketones (excluding diaryl/α,β-unsaturated/α-hetero) is 1. The first-order valence-electron chi connectivity index (χ1n) is 3.45. The van der Waals surface area contributed by atoms with Crippen molar-refractivity contribution in [2.45, 2.75) is 20.3 Å². The molecule has 0 aliphatic heterocycles. The van der Waals surface area contributed by atoms with Crippen LogP contribution in [0.1, 0.15) is 20.3 Å². The molecule has 0 radical (unpaired) electrons. The summed E-state index contributed by atoms with van der Waals surface area (Å²) in [5, 5.41) is 0. The van der Waals surface area contributed by atoms with Gasteiger partial charge in [0.1, 0.15) is 0 Å². The van der Waals surface area contributed by atoms with Crippen molar-refractivity contribution in [2.75, 3.05) is 13.2 Å². The monoisotopic (exact) mass is 142 g/mol. The van der Waals surface area contributed by atoms with Gasteiger partial charge in [0.05, 0.1) is 6.61 Å². The molecule has 0 aliphatic carbocycles. The van der Waals surface area contributed by atoms with Crippen molar-refractivity contribution >= 4 is 5.78 Å². The number of rotatable bonds is 5. The highest BCUT2D eigenvalue weighted by atomic mass is 16.5. The lowest BCUT2D eigenvalue weighted by atomic mass is 10.2. The maximum Gasteiger partial charge on any atom is 0.160 e. The Balaban J connectivity index is 3.31. The molecule has 0 spiro atoms. The van der Waals surface area contributed by atoms with Gasteiger partial charge in [-0.3, -0.25) is 4.79 Å². The van der Waals surface area contributed by atoms with Crippen molar-refractivity contribution in [3.05, 3.63) is 12.2 Å². The second-order valence-electron chi connectivity index (χ2n) is 2.15. The molecule has 0 amide bonds. The molecule has 0 aliphatic rings. The Morgan fingerprint density at radius 1 is 1.60 bits per heavy atom. The zero-order valence-electron chi connectivity index (χ0n) is 6.64. The van der Waals surface area contributed by atoms with Crippen LogP contribution in [0.5, 0.6) is 0 Å². The van der Waals surface area contributed by atoms with Gasteiger partial charge in [0.2, 0.25) is 0 Å². The minimum Gasteiger partial charge on any atom is -0.381 e. The summed E-state index contributed by atoms with van der Waals surface area (Å²) in [6.07, 6.45) is 0.461. The highest BCUT2D eigenvalue weighted by molar-refractivity contribution is 5.94. The van der Waals surface area contributed by atoms with Crippen LogP contribution >= 0.6 is 0 Å². The fraction of sp³-hybridized carbons (Fsp3) is 0.625. The summed E-state index contributed by atoms with van der Waals surface area (Å²) in [6.45, 7) is 8.34. The van der Waals surface area contributed by atoms with Gasteiger partial charge >= 0.3 is 0 Å². The number of carbonyl (C=O) groups is 1. The molecule has 0 rings (SSSR count). The second kappa shape index (κ2) is 5.18. The molecule has 0 aromatic carbocycles. The smallest absolute Gasteiger partial charge is 0.160 e. The molecule has 0 aromatic rings. The second-order valence-corrected chi connectivity index (χ2v) is 2.15. The van der Waals surface area contributed by atoms with Gasteiger partial charge in [0.15, 0.2) is 5.78 Å². The Hall–Kier alpha value is -0.630. The van der Waals surface area contributed by atoms with Gasteiger partial charge in [-0.2, -0.15) is 0 Å². The van der Waals surface area contributed by atoms with Crippen LogP contribution in [0.4, 0.5) is 0 Å². The van der Waals surface area contributed by atoms with Crippen molar-refractivity contribution in [3.8, 4) is 0 Å². The van der Waals surface area contributed by atoms with Crippen molar-refractivity contribution in [1.82, 2.24) is 0 Å². The minimum atomic E-state index is 0.0912. The molecular formula is C8H14O2. The summed E-state index contributed by atoms with van der Waals surface area (Å²) < 4.78 is 4.99.